The largest absolute Gasteiger partial charge is 0.326 e. The minimum Gasteiger partial charge on any atom is -0.326 e. The van der Waals surface area contributed by atoms with Crippen LogP contribution in [0.1, 0.15) is 62.5 Å². The van der Waals surface area contributed by atoms with Crippen molar-refractivity contribution in [1.29, 1.82) is 5.26 Å². The average molecular weight is 478 g/mol. The summed E-state index contributed by atoms with van der Waals surface area (Å²) < 4.78 is 0. The molecule has 1 amide bonds. The predicted octanol–water partition coefficient (Wildman–Crippen LogP) is 6.92. The minimum atomic E-state index is 0.0101. The summed E-state index contributed by atoms with van der Waals surface area (Å²) in [5.74, 6) is 0.0868. The second-order valence-electron chi connectivity index (χ2n) is 10.4. The number of carbonyl (C=O) groups excluding carboxylic acids is 1. The Morgan fingerprint density at radius 3 is 2.33 bits per heavy atom. The molecule has 1 saturated heterocycles. The zero-order valence-corrected chi connectivity index (χ0v) is 21.0. The zero-order valence-electron chi connectivity index (χ0n) is 21.0. The SMILES string of the molecule is N#Cc1cccc(-c2ccc(C3(CCC(=O)Nc4ccccc4)CCN(C4CCCC4)CC3)cc2)c1. The smallest absolute Gasteiger partial charge is 0.224 e. The predicted molar refractivity (Wildman–Crippen MR) is 146 cm³/mol. The fourth-order valence-corrected chi connectivity index (χ4v) is 6.15. The van der Waals surface area contributed by atoms with E-state index in [9.17, 15) is 10.1 Å². The van der Waals surface area contributed by atoms with Crippen molar-refractivity contribution >= 4 is 11.6 Å². The molecule has 3 aromatic carbocycles. The van der Waals surface area contributed by atoms with Crippen molar-refractivity contribution < 1.29 is 4.79 Å². The van der Waals surface area contributed by atoms with Gasteiger partial charge in [0, 0.05) is 18.2 Å². The Balaban J connectivity index is 1.34. The lowest BCUT2D eigenvalue weighted by Gasteiger charge is -2.44. The molecule has 1 aliphatic carbocycles. The molecule has 0 radical (unpaired) electrons. The number of hydrogen-bond acceptors (Lipinski definition) is 3. The van der Waals surface area contributed by atoms with Gasteiger partial charge < -0.3 is 10.2 Å². The minimum absolute atomic E-state index is 0.0101. The molecule has 3 aromatic rings. The molecule has 5 rings (SSSR count). The number of nitriles is 1. The number of piperidine rings is 1. The monoisotopic (exact) mass is 477 g/mol. The Bertz CT molecular complexity index is 1200. The maximum atomic E-state index is 12.9. The first kappa shape index (κ1) is 24.3. The molecule has 184 valence electrons. The van der Waals surface area contributed by atoms with Gasteiger partial charge in [-0.1, -0.05) is 67.4 Å². The number of rotatable bonds is 7. The summed E-state index contributed by atoms with van der Waals surface area (Å²) in [5, 5.41) is 12.3. The van der Waals surface area contributed by atoms with E-state index in [2.05, 4.69) is 46.6 Å². The van der Waals surface area contributed by atoms with Gasteiger partial charge in [0.1, 0.15) is 0 Å². The highest BCUT2D eigenvalue weighted by atomic mass is 16.1. The topological polar surface area (TPSA) is 56.1 Å². The summed E-state index contributed by atoms with van der Waals surface area (Å²) >= 11 is 0. The highest BCUT2D eigenvalue weighted by molar-refractivity contribution is 5.90. The average Bonchev–Trinajstić information content (AvgIpc) is 3.48. The van der Waals surface area contributed by atoms with Crippen LogP contribution in [0, 0.1) is 11.3 Å². The number of anilines is 1. The first-order valence-electron chi connectivity index (χ1n) is 13.4. The van der Waals surface area contributed by atoms with E-state index in [0.717, 1.165) is 55.2 Å². The van der Waals surface area contributed by atoms with Crippen LogP contribution in [-0.4, -0.2) is 29.9 Å². The Morgan fingerprint density at radius 2 is 1.64 bits per heavy atom. The van der Waals surface area contributed by atoms with Crippen molar-refractivity contribution in [2.24, 2.45) is 0 Å². The van der Waals surface area contributed by atoms with Crippen LogP contribution in [0.4, 0.5) is 5.69 Å². The molecular formula is C32H35N3O. The Labute approximate surface area is 215 Å². The lowest BCUT2D eigenvalue weighted by molar-refractivity contribution is -0.116. The standard InChI is InChI=1S/C32H35N3O/c33-24-25-7-6-8-27(23-25)26-13-15-28(16-14-26)32(18-17-31(36)34-29-9-2-1-3-10-29)19-21-35(22-20-32)30-11-4-5-12-30/h1-3,6-10,13-16,23,30H,4-5,11-12,17-22H2,(H,34,36). The van der Waals surface area contributed by atoms with Crippen LogP contribution >= 0.6 is 0 Å². The third-order valence-electron chi connectivity index (χ3n) is 8.31. The van der Waals surface area contributed by atoms with Crippen molar-refractivity contribution in [3.8, 4) is 17.2 Å². The van der Waals surface area contributed by atoms with Crippen molar-refractivity contribution in [2.75, 3.05) is 18.4 Å². The van der Waals surface area contributed by atoms with Gasteiger partial charge in [-0.3, -0.25) is 4.79 Å². The number of nitrogens with one attached hydrogen (secondary N) is 1. The van der Waals surface area contributed by atoms with Gasteiger partial charge in [0.05, 0.1) is 11.6 Å². The molecule has 1 saturated carbocycles. The van der Waals surface area contributed by atoms with E-state index in [1.807, 2.05) is 48.5 Å². The molecule has 4 nitrogen and oxygen atoms in total. The lowest BCUT2D eigenvalue weighted by Crippen LogP contribution is -2.46. The van der Waals surface area contributed by atoms with Crippen molar-refractivity contribution in [1.82, 2.24) is 4.90 Å². The number of nitrogens with zero attached hydrogens (tertiary/aromatic N) is 2. The molecule has 2 aliphatic rings. The summed E-state index contributed by atoms with van der Waals surface area (Å²) in [6, 6.07) is 29.4. The second kappa shape index (κ2) is 11.1. The quantitative estimate of drug-likeness (QED) is 0.402. The first-order chi connectivity index (χ1) is 17.6. The summed E-state index contributed by atoms with van der Waals surface area (Å²) in [4.78, 5) is 15.6. The van der Waals surface area contributed by atoms with E-state index in [0.29, 0.717) is 12.0 Å². The summed E-state index contributed by atoms with van der Waals surface area (Å²) in [6.45, 7) is 2.22. The highest BCUT2D eigenvalue weighted by Crippen LogP contribution is 2.42. The number of hydrogen-bond donors (Lipinski definition) is 1. The molecule has 0 unspecified atom stereocenters. The lowest BCUT2D eigenvalue weighted by atomic mass is 9.69. The number of para-hydroxylation sites is 1. The molecule has 2 fully saturated rings. The molecule has 36 heavy (non-hydrogen) atoms. The maximum Gasteiger partial charge on any atom is 0.224 e. The molecule has 0 aromatic heterocycles. The fourth-order valence-electron chi connectivity index (χ4n) is 6.15. The van der Waals surface area contributed by atoms with Gasteiger partial charge in [0.2, 0.25) is 5.91 Å². The molecule has 1 aliphatic heterocycles. The number of benzene rings is 3. The van der Waals surface area contributed by atoms with Crippen LogP contribution in [-0.2, 0) is 10.2 Å². The van der Waals surface area contributed by atoms with Crippen molar-refractivity contribution in [3.63, 3.8) is 0 Å². The molecule has 0 bridgehead atoms. The van der Waals surface area contributed by atoms with Gasteiger partial charge in [-0.25, -0.2) is 0 Å². The molecule has 4 heteroatoms. The van der Waals surface area contributed by atoms with E-state index >= 15 is 0 Å². The zero-order chi connectivity index (χ0) is 24.8. The maximum absolute atomic E-state index is 12.9. The van der Waals surface area contributed by atoms with E-state index in [1.165, 1.54) is 31.2 Å². The van der Waals surface area contributed by atoms with E-state index < -0.39 is 0 Å². The second-order valence-corrected chi connectivity index (χ2v) is 10.4. The first-order valence-corrected chi connectivity index (χ1v) is 13.4. The molecule has 0 atom stereocenters. The normalized spacial score (nSPS) is 18.0. The number of amides is 1. The van der Waals surface area contributed by atoms with Crippen molar-refractivity contribution in [2.45, 2.75) is 62.8 Å². The third-order valence-corrected chi connectivity index (χ3v) is 8.31. The van der Waals surface area contributed by atoms with Gasteiger partial charge in [-0.05, 0) is 91.6 Å². The van der Waals surface area contributed by atoms with Crippen LogP contribution in [0.5, 0.6) is 0 Å². The van der Waals surface area contributed by atoms with Gasteiger partial charge in [-0.2, -0.15) is 5.26 Å². The summed E-state index contributed by atoms with van der Waals surface area (Å²) in [7, 11) is 0. The third kappa shape index (κ3) is 5.53. The summed E-state index contributed by atoms with van der Waals surface area (Å²) in [5.41, 5.74) is 5.06. The fraction of sp³-hybridized carbons (Fsp3) is 0.375. The highest BCUT2D eigenvalue weighted by Gasteiger charge is 2.38. The van der Waals surface area contributed by atoms with Crippen LogP contribution in [0.2, 0.25) is 0 Å². The number of carbonyl (C=O) groups is 1. The molecule has 1 N–H and O–H groups in total. The van der Waals surface area contributed by atoms with Crippen LogP contribution in [0.25, 0.3) is 11.1 Å². The molecule has 1 heterocycles. The molecular weight excluding hydrogens is 442 g/mol. The van der Waals surface area contributed by atoms with Gasteiger partial charge >= 0.3 is 0 Å². The molecule has 0 spiro atoms. The van der Waals surface area contributed by atoms with Crippen LogP contribution in [0.3, 0.4) is 0 Å². The van der Waals surface area contributed by atoms with E-state index in [-0.39, 0.29) is 11.3 Å². The van der Waals surface area contributed by atoms with Gasteiger partial charge in [-0.15, -0.1) is 0 Å². The van der Waals surface area contributed by atoms with E-state index in [1.54, 1.807) is 0 Å². The Hall–Kier alpha value is -3.42. The number of likely N-dealkylation sites (tertiary alicyclic amines) is 1. The van der Waals surface area contributed by atoms with Gasteiger partial charge in [0.25, 0.3) is 0 Å². The Kier molecular flexibility index (Phi) is 7.49. The van der Waals surface area contributed by atoms with Crippen molar-refractivity contribution in [3.05, 3.63) is 90.0 Å². The van der Waals surface area contributed by atoms with Crippen LogP contribution < -0.4 is 5.32 Å². The Morgan fingerprint density at radius 1 is 0.917 bits per heavy atom. The van der Waals surface area contributed by atoms with Crippen LogP contribution in [0.15, 0.2) is 78.9 Å². The van der Waals surface area contributed by atoms with E-state index in [4.69, 9.17) is 0 Å². The van der Waals surface area contributed by atoms with Gasteiger partial charge in [0.15, 0.2) is 0 Å². The summed E-state index contributed by atoms with van der Waals surface area (Å²) in [6.07, 6.45) is 8.95.